The van der Waals surface area contributed by atoms with Crippen LogP contribution in [0.25, 0.3) is 0 Å². The van der Waals surface area contributed by atoms with E-state index >= 15 is 0 Å². The first-order chi connectivity index (χ1) is 10.5. The van der Waals surface area contributed by atoms with E-state index in [-0.39, 0.29) is 31.1 Å². The Bertz CT molecular complexity index is 550. The van der Waals surface area contributed by atoms with Gasteiger partial charge in [0.05, 0.1) is 17.5 Å². The lowest BCUT2D eigenvalue weighted by Crippen LogP contribution is -2.40. The molecular weight excluding hydrogens is 310 g/mol. The van der Waals surface area contributed by atoms with Crippen LogP contribution in [0.3, 0.4) is 0 Å². The normalized spacial score (nSPS) is 20.9. The number of aliphatic carboxylic acids is 1. The van der Waals surface area contributed by atoms with Crippen LogP contribution in [0.15, 0.2) is 24.3 Å². The predicted molar refractivity (Wildman–Crippen MR) is 80.1 cm³/mol. The molecule has 1 aromatic rings. The van der Waals surface area contributed by atoms with Crippen molar-refractivity contribution in [3.8, 4) is 5.75 Å². The maximum atomic E-state index is 12.3. The Kier molecular flexibility index (Phi) is 5.63. The first-order valence-corrected chi connectivity index (χ1v) is 7.30. The predicted octanol–water partition coefficient (Wildman–Crippen LogP) is 1.81. The molecule has 1 N–H and O–H groups in total. The number of para-hydroxylation sites is 1. The highest BCUT2D eigenvalue weighted by molar-refractivity contribution is 6.32. The molecule has 0 bridgehead atoms. The third-order valence-electron chi connectivity index (χ3n) is 3.63. The number of likely N-dealkylation sites (tertiary alicyclic amines) is 1. The molecule has 0 spiro atoms. The molecule has 0 saturated carbocycles. The van der Waals surface area contributed by atoms with Gasteiger partial charge >= 0.3 is 5.97 Å². The summed E-state index contributed by atoms with van der Waals surface area (Å²) in [6, 6.07) is 6.50. The average Bonchev–Trinajstić information content (AvgIpc) is 2.88. The molecule has 1 aliphatic rings. The number of carbonyl (C=O) groups excluding carboxylic acids is 1. The summed E-state index contributed by atoms with van der Waals surface area (Å²) in [4.78, 5) is 24.7. The van der Waals surface area contributed by atoms with Crippen molar-refractivity contribution in [2.45, 2.75) is 25.0 Å². The highest BCUT2D eigenvalue weighted by atomic mass is 35.5. The van der Waals surface area contributed by atoms with E-state index < -0.39 is 5.97 Å². The van der Waals surface area contributed by atoms with Crippen LogP contribution in [0, 0.1) is 0 Å². The lowest BCUT2D eigenvalue weighted by atomic mass is 10.1. The molecule has 1 fully saturated rings. The van der Waals surface area contributed by atoms with Crippen molar-refractivity contribution in [1.29, 1.82) is 0 Å². The molecule has 120 valence electrons. The van der Waals surface area contributed by atoms with Gasteiger partial charge in [-0.25, -0.2) is 0 Å². The fraction of sp³-hybridized carbons (Fsp3) is 0.467. The number of halogens is 1. The lowest BCUT2D eigenvalue weighted by Gasteiger charge is -2.23. The molecule has 2 atom stereocenters. The summed E-state index contributed by atoms with van der Waals surface area (Å²) in [6.07, 6.45) is 0.270. The van der Waals surface area contributed by atoms with E-state index in [9.17, 15) is 9.59 Å². The van der Waals surface area contributed by atoms with E-state index in [0.29, 0.717) is 23.7 Å². The van der Waals surface area contributed by atoms with Crippen LogP contribution in [0.4, 0.5) is 0 Å². The summed E-state index contributed by atoms with van der Waals surface area (Å²) < 4.78 is 10.7. The summed E-state index contributed by atoms with van der Waals surface area (Å²) in [6.45, 7) is 0.190. The van der Waals surface area contributed by atoms with Crippen molar-refractivity contribution < 1.29 is 24.2 Å². The number of methoxy groups -OCH3 is 1. The largest absolute Gasteiger partial charge is 0.482 e. The second-order valence-electron chi connectivity index (χ2n) is 5.11. The van der Waals surface area contributed by atoms with Gasteiger partial charge in [-0.15, -0.1) is 0 Å². The van der Waals surface area contributed by atoms with Gasteiger partial charge in [0, 0.05) is 19.7 Å². The number of carboxylic acids is 1. The first-order valence-electron chi connectivity index (χ1n) is 6.92. The maximum absolute atomic E-state index is 12.3. The Labute approximate surface area is 133 Å². The van der Waals surface area contributed by atoms with Crippen LogP contribution in [0.1, 0.15) is 12.8 Å². The summed E-state index contributed by atoms with van der Waals surface area (Å²) in [5.74, 6) is -0.785. The van der Waals surface area contributed by atoms with Crippen molar-refractivity contribution in [2.75, 3.05) is 20.3 Å². The maximum Gasteiger partial charge on any atom is 0.305 e. The number of benzene rings is 1. The van der Waals surface area contributed by atoms with Gasteiger partial charge in [0.15, 0.2) is 6.61 Å². The zero-order valence-electron chi connectivity index (χ0n) is 12.2. The minimum Gasteiger partial charge on any atom is -0.482 e. The number of ether oxygens (including phenoxy) is 2. The van der Waals surface area contributed by atoms with Gasteiger partial charge in [0.1, 0.15) is 5.75 Å². The molecule has 0 aromatic heterocycles. The topological polar surface area (TPSA) is 76.1 Å². The molecule has 0 aliphatic carbocycles. The Hall–Kier alpha value is -1.79. The Morgan fingerprint density at radius 3 is 2.77 bits per heavy atom. The Morgan fingerprint density at radius 2 is 2.14 bits per heavy atom. The SMILES string of the molecule is COC1CC(CC(=O)O)N(C(=O)COc2ccccc2Cl)C1. The Morgan fingerprint density at radius 1 is 1.41 bits per heavy atom. The lowest BCUT2D eigenvalue weighted by molar-refractivity contribution is -0.140. The van der Waals surface area contributed by atoms with Crippen molar-refractivity contribution in [1.82, 2.24) is 4.90 Å². The quantitative estimate of drug-likeness (QED) is 0.862. The highest BCUT2D eigenvalue weighted by Crippen LogP contribution is 2.25. The molecular formula is C15H18ClNO5. The number of hydrogen-bond acceptors (Lipinski definition) is 4. The monoisotopic (exact) mass is 327 g/mol. The molecule has 0 radical (unpaired) electrons. The van der Waals surface area contributed by atoms with E-state index in [2.05, 4.69) is 0 Å². The van der Waals surface area contributed by atoms with Crippen molar-refractivity contribution >= 4 is 23.5 Å². The van der Waals surface area contributed by atoms with Crippen molar-refractivity contribution in [3.05, 3.63) is 29.3 Å². The summed E-state index contributed by atoms with van der Waals surface area (Å²) in [5.41, 5.74) is 0. The van der Waals surface area contributed by atoms with Crippen LogP contribution in [0.5, 0.6) is 5.75 Å². The molecule has 1 amide bonds. The van der Waals surface area contributed by atoms with Gasteiger partial charge in [-0.1, -0.05) is 23.7 Å². The molecule has 1 aliphatic heterocycles. The van der Waals surface area contributed by atoms with Gasteiger partial charge in [-0.2, -0.15) is 0 Å². The summed E-state index contributed by atoms with van der Waals surface area (Å²) >= 11 is 5.96. The molecule has 1 heterocycles. The van der Waals surface area contributed by atoms with E-state index in [1.807, 2.05) is 0 Å². The van der Waals surface area contributed by atoms with Gasteiger partial charge in [0.25, 0.3) is 5.91 Å². The third kappa shape index (κ3) is 4.11. The standard InChI is InChI=1S/C15H18ClNO5/c1-21-11-6-10(7-15(19)20)17(8-11)14(18)9-22-13-5-3-2-4-12(13)16/h2-5,10-11H,6-9H2,1H3,(H,19,20). The van der Waals surface area contributed by atoms with Gasteiger partial charge in [-0.3, -0.25) is 9.59 Å². The number of rotatable bonds is 6. The molecule has 22 heavy (non-hydrogen) atoms. The number of hydrogen-bond donors (Lipinski definition) is 1. The summed E-state index contributed by atoms with van der Waals surface area (Å²) in [7, 11) is 1.55. The van der Waals surface area contributed by atoms with Crippen molar-refractivity contribution in [3.63, 3.8) is 0 Å². The summed E-state index contributed by atoms with van der Waals surface area (Å²) in [5, 5.41) is 9.37. The number of amides is 1. The average molecular weight is 328 g/mol. The van der Waals surface area contributed by atoms with Crippen LogP contribution in [-0.2, 0) is 14.3 Å². The molecule has 1 aromatic carbocycles. The van der Waals surface area contributed by atoms with Crippen LogP contribution < -0.4 is 4.74 Å². The zero-order valence-corrected chi connectivity index (χ0v) is 13.0. The minimum absolute atomic E-state index is 0.0995. The number of carboxylic acid groups (broad SMARTS) is 1. The fourth-order valence-electron chi connectivity index (χ4n) is 2.53. The van der Waals surface area contributed by atoms with Gasteiger partial charge in [-0.05, 0) is 18.6 Å². The highest BCUT2D eigenvalue weighted by Gasteiger charge is 2.36. The Balaban J connectivity index is 1.97. The zero-order chi connectivity index (χ0) is 16.1. The van der Waals surface area contributed by atoms with Crippen LogP contribution >= 0.6 is 11.6 Å². The van der Waals surface area contributed by atoms with E-state index in [4.69, 9.17) is 26.2 Å². The smallest absolute Gasteiger partial charge is 0.305 e. The third-order valence-corrected chi connectivity index (χ3v) is 3.94. The van der Waals surface area contributed by atoms with E-state index in [1.54, 1.807) is 31.4 Å². The fourth-order valence-corrected chi connectivity index (χ4v) is 2.72. The van der Waals surface area contributed by atoms with Gasteiger partial charge < -0.3 is 19.5 Å². The minimum atomic E-state index is -0.938. The molecule has 6 nitrogen and oxygen atoms in total. The van der Waals surface area contributed by atoms with Crippen LogP contribution in [-0.4, -0.2) is 54.3 Å². The van der Waals surface area contributed by atoms with Crippen LogP contribution in [0.2, 0.25) is 5.02 Å². The number of carbonyl (C=O) groups is 2. The molecule has 7 heteroatoms. The first kappa shape index (κ1) is 16.6. The van der Waals surface area contributed by atoms with Crippen molar-refractivity contribution in [2.24, 2.45) is 0 Å². The molecule has 1 saturated heterocycles. The van der Waals surface area contributed by atoms with E-state index in [0.717, 1.165) is 0 Å². The molecule has 2 rings (SSSR count). The number of nitrogens with zero attached hydrogens (tertiary/aromatic N) is 1. The second-order valence-corrected chi connectivity index (χ2v) is 5.52. The second kappa shape index (κ2) is 7.47. The van der Waals surface area contributed by atoms with E-state index in [1.165, 1.54) is 4.90 Å². The van der Waals surface area contributed by atoms with Gasteiger partial charge in [0.2, 0.25) is 0 Å². The molecule has 2 unspecified atom stereocenters.